The van der Waals surface area contributed by atoms with Crippen molar-refractivity contribution < 1.29 is 43.1 Å². The van der Waals surface area contributed by atoms with E-state index in [1.165, 1.54) is 122 Å². The van der Waals surface area contributed by atoms with Crippen LogP contribution < -0.4 is 10.6 Å². The minimum atomic E-state index is -0.462. The van der Waals surface area contributed by atoms with E-state index in [1.54, 1.807) is 13.8 Å². The zero-order chi connectivity index (χ0) is 49.4. The molecule has 0 fully saturated rings. The molecular weight excluding hydrogens is 845 g/mol. The highest BCUT2D eigenvalue weighted by molar-refractivity contribution is 5.75. The first kappa shape index (κ1) is 65.0. The Morgan fingerprint density at radius 3 is 1.21 bits per heavy atom. The molecule has 398 valence electrons. The Morgan fingerprint density at radius 1 is 0.388 bits per heavy atom. The van der Waals surface area contributed by atoms with Crippen LogP contribution in [-0.2, 0) is 38.3 Å². The van der Waals surface area contributed by atoms with Crippen molar-refractivity contribution in [2.75, 3.05) is 39.5 Å². The Bertz CT molecular complexity index is 1100. The van der Waals surface area contributed by atoms with Crippen molar-refractivity contribution in [2.24, 2.45) is 11.8 Å². The standard InChI is InChI=1S/C56H110N2O9/c1-9-15-20-26-33-40-53(39-30-17-11-3)66-67-55(60)49(8)47-48(7)54(59)65-46-45-64-50(14-6)36-31-27-24-22-21-23-25-28-32-38-52(35-19-13-5)63-44-42-58-56(61)57-41-43-62-51(34-18-12-4)37-29-16-10-2/h48-53H,9-47H2,1-8H3,(H2,57,58,61). The highest BCUT2D eigenvalue weighted by Crippen LogP contribution is 2.21. The van der Waals surface area contributed by atoms with Gasteiger partial charge in [0, 0.05) is 13.1 Å². The van der Waals surface area contributed by atoms with Crippen LogP contribution in [-0.4, -0.2) is 81.9 Å². The molecule has 0 aliphatic rings. The zero-order valence-corrected chi connectivity index (χ0v) is 45.2. The summed E-state index contributed by atoms with van der Waals surface area (Å²) >= 11 is 0. The first-order valence-corrected chi connectivity index (χ1v) is 28.5. The van der Waals surface area contributed by atoms with Gasteiger partial charge in [0.1, 0.15) is 12.7 Å². The van der Waals surface area contributed by atoms with Gasteiger partial charge in [0.05, 0.1) is 50.0 Å². The molecule has 0 heterocycles. The molecule has 0 aliphatic heterocycles. The van der Waals surface area contributed by atoms with E-state index < -0.39 is 17.8 Å². The van der Waals surface area contributed by atoms with Crippen molar-refractivity contribution in [3.05, 3.63) is 0 Å². The number of carbonyl (C=O) groups is 3. The Labute approximate surface area is 413 Å². The summed E-state index contributed by atoms with van der Waals surface area (Å²) in [5.41, 5.74) is 0. The van der Waals surface area contributed by atoms with Crippen molar-refractivity contribution in [3.8, 4) is 0 Å². The van der Waals surface area contributed by atoms with Crippen molar-refractivity contribution in [3.63, 3.8) is 0 Å². The van der Waals surface area contributed by atoms with E-state index in [1.807, 2.05) is 0 Å². The van der Waals surface area contributed by atoms with Gasteiger partial charge in [-0.1, -0.05) is 209 Å². The van der Waals surface area contributed by atoms with E-state index in [-0.39, 0.29) is 36.9 Å². The summed E-state index contributed by atoms with van der Waals surface area (Å²) in [6.07, 6.45) is 38.1. The number of unbranched alkanes of at least 4 members (excludes halogenated alkanes) is 18. The summed E-state index contributed by atoms with van der Waals surface area (Å²) in [6.45, 7) is 19.6. The molecule has 2 amide bonds. The third-order valence-electron chi connectivity index (χ3n) is 13.1. The summed E-state index contributed by atoms with van der Waals surface area (Å²) in [4.78, 5) is 48.7. The fraction of sp³-hybridized carbons (Fsp3) is 0.946. The van der Waals surface area contributed by atoms with Crippen LogP contribution in [0.15, 0.2) is 0 Å². The number of nitrogens with one attached hydrogen (secondary N) is 2. The molecule has 11 nitrogen and oxygen atoms in total. The van der Waals surface area contributed by atoms with Crippen LogP contribution in [0.1, 0.15) is 267 Å². The molecule has 67 heavy (non-hydrogen) atoms. The number of esters is 1. The second-order valence-electron chi connectivity index (χ2n) is 19.6. The smallest absolute Gasteiger partial charge is 0.345 e. The predicted octanol–water partition coefficient (Wildman–Crippen LogP) is 15.1. The summed E-state index contributed by atoms with van der Waals surface area (Å²) < 4.78 is 23.9. The second-order valence-corrected chi connectivity index (χ2v) is 19.6. The van der Waals surface area contributed by atoms with E-state index in [4.69, 9.17) is 28.7 Å². The molecule has 0 spiro atoms. The summed E-state index contributed by atoms with van der Waals surface area (Å²) in [5, 5.41) is 5.88. The molecule has 0 radical (unpaired) electrons. The first-order chi connectivity index (χ1) is 32.6. The molecule has 0 aromatic carbocycles. The van der Waals surface area contributed by atoms with Gasteiger partial charge < -0.3 is 29.6 Å². The zero-order valence-electron chi connectivity index (χ0n) is 45.2. The van der Waals surface area contributed by atoms with Crippen molar-refractivity contribution >= 4 is 18.0 Å². The Kier molecular flexibility index (Phi) is 47.6. The van der Waals surface area contributed by atoms with Crippen LogP contribution in [0, 0.1) is 11.8 Å². The highest BCUT2D eigenvalue weighted by Gasteiger charge is 2.25. The van der Waals surface area contributed by atoms with Crippen LogP contribution in [0.3, 0.4) is 0 Å². The molecule has 0 saturated carbocycles. The van der Waals surface area contributed by atoms with Gasteiger partial charge in [-0.3, -0.25) is 9.68 Å². The molecule has 11 heteroatoms. The Hall–Kier alpha value is -1.95. The monoisotopic (exact) mass is 955 g/mol. The highest BCUT2D eigenvalue weighted by atomic mass is 17.2. The van der Waals surface area contributed by atoms with Gasteiger partial charge in [-0.2, -0.15) is 4.89 Å². The van der Waals surface area contributed by atoms with Crippen molar-refractivity contribution in [1.82, 2.24) is 10.6 Å². The third kappa shape index (κ3) is 41.5. The summed E-state index contributed by atoms with van der Waals surface area (Å²) in [5.74, 6) is -1.61. The molecule has 6 unspecified atom stereocenters. The lowest BCUT2D eigenvalue weighted by molar-refractivity contribution is -0.303. The lowest BCUT2D eigenvalue weighted by Gasteiger charge is -2.19. The lowest BCUT2D eigenvalue weighted by atomic mass is 9.98. The van der Waals surface area contributed by atoms with E-state index >= 15 is 0 Å². The maximum atomic E-state index is 12.7. The van der Waals surface area contributed by atoms with Gasteiger partial charge in [-0.05, 0) is 57.8 Å². The summed E-state index contributed by atoms with van der Waals surface area (Å²) in [6, 6.07) is -0.147. The van der Waals surface area contributed by atoms with Gasteiger partial charge in [-0.15, -0.1) is 0 Å². The van der Waals surface area contributed by atoms with Crippen LogP contribution in [0.25, 0.3) is 0 Å². The van der Waals surface area contributed by atoms with E-state index in [9.17, 15) is 14.4 Å². The molecule has 0 aliphatic carbocycles. The molecular formula is C56H110N2O9. The van der Waals surface area contributed by atoms with Gasteiger partial charge in [0.2, 0.25) is 0 Å². The van der Waals surface area contributed by atoms with Crippen molar-refractivity contribution in [1.29, 1.82) is 0 Å². The van der Waals surface area contributed by atoms with Crippen LogP contribution in [0.2, 0.25) is 0 Å². The van der Waals surface area contributed by atoms with Gasteiger partial charge >= 0.3 is 18.0 Å². The van der Waals surface area contributed by atoms with E-state index in [0.717, 1.165) is 83.5 Å². The van der Waals surface area contributed by atoms with Crippen LogP contribution in [0.4, 0.5) is 4.79 Å². The number of ether oxygens (including phenoxy) is 4. The van der Waals surface area contributed by atoms with Gasteiger partial charge in [-0.25, -0.2) is 9.59 Å². The van der Waals surface area contributed by atoms with E-state index in [2.05, 4.69) is 52.2 Å². The average molecular weight is 956 g/mol. The fourth-order valence-corrected chi connectivity index (χ4v) is 8.59. The van der Waals surface area contributed by atoms with Crippen LogP contribution in [0.5, 0.6) is 0 Å². The maximum absolute atomic E-state index is 12.7. The number of hydrogen-bond donors (Lipinski definition) is 2. The number of rotatable bonds is 51. The largest absolute Gasteiger partial charge is 0.463 e. The van der Waals surface area contributed by atoms with Crippen molar-refractivity contribution in [2.45, 2.75) is 292 Å². The first-order valence-electron chi connectivity index (χ1n) is 28.5. The SMILES string of the molecule is CCCCCCCC(CCCCC)OOC(=O)C(C)CC(C)C(=O)OCCOC(CC)CCCCCCCCCCCC(CCCC)OCCNC(=O)NCCOC(CCCC)CCCCC. The predicted molar refractivity (Wildman–Crippen MR) is 277 cm³/mol. The van der Waals surface area contributed by atoms with Crippen LogP contribution >= 0.6 is 0 Å². The average Bonchev–Trinajstić information content (AvgIpc) is 3.32. The molecule has 0 bridgehead atoms. The topological polar surface area (TPSA) is 131 Å². The fourth-order valence-electron chi connectivity index (χ4n) is 8.59. The second kappa shape index (κ2) is 49.0. The number of amides is 2. The molecule has 0 saturated heterocycles. The number of carbonyl (C=O) groups excluding carboxylic acids is 3. The maximum Gasteiger partial charge on any atom is 0.345 e. The quantitative estimate of drug-likeness (QED) is 0.0265. The summed E-state index contributed by atoms with van der Waals surface area (Å²) in [7, 11) is 0. The third-order valence-corrected chi connectivity index (χ3v) is 13.1. The van der Waals surface area contributed by atoms with E-state index in [0.29, 0.717) is 45.4 Å². The minimum absolute atomic E-state index is 0.0689. The molecule has 0 aromatic heterocycles. The van der Waals surface area contributed by atoms with Gasteiger partial charge in [0.25, 0.3) is 0 Å². The van der Waals surface area contributed by atoms with Gasteiger partial charge in [0.15, 0.2) is 0 Å². The minimum Gasteiger partial charge on any atom is -0.463 e. The molecule has 0 rings (SSSR count). The number of hydrogen-bond acceptors (Lipinski definition) is 9. The Morgan fingerprint density at radius 2 is 0.746 bits per heavy atom. The Balaban J connectivity index is 4.09. The number of urea groups is 1. The normalized spacial score (nSPS) is 14.3. The molecule has 6 atom stereocenters. The lowest BCUT2D eigenvalue weighted by Crippen LogP contribution is -2.39. The molecule has 2 N–H and O–H groups in total. The molecule has 0 aromatic rings.